The molecular weight excluding hydrogens is 381 g/mol. The Kier molecular flexibility index (Phi) is 5.86. The van der Waals surface area contributed by atoms with Crippen molar-refractivity contribution in [3.05, 3.63) is 23.3 Å². The van der Waals surface area contributed by atoms with Gasteiger partial charge in [-0.15, -0.1) is 0 Å². The number of allylic oxidation sites excluding steroid dienone is 3. The highest BCUT2D eigenvalue weighted by Gasteiger charge is 2.62. The molecule has 126 valence electrons. The van der Waals surface area contributed by atoms with Gasteiger partial charge < -0.3 is 0 Å². The van der Waals surface area contributed by atoms with Gasteiger partial charge in [0.25, 0.3) is 0 Å². The van der Waals surface area contributed by atoms with Gasteiger partial charge in [0, 0.05) is 35.5 Å². The fourth-order valence-corrected chi connectivity index (χ4v) is 5.69. The Bertz CT molecular complexity index is 458. The number of hydrogen-bond donors (Lipinski definition) is 0. The van der Waals surface area contributed by atoms with Gasteiger partial charge in [-0.2, -0.15) is 0 Å². The summed E-state index contributed by atoms with van der Waals surface area (Å²) in [6.45, 7) is 15.3. The van der Waals surface area contributed by atoms with Crippen molar-refractivity contribution in [2.45, 2.75) is 79.7 Å². The van der Waals surface area contributed by atoms with Gasteiger partial charge in [0.15, 0.2) is 0 Å². The average Bonchev–Trinajstić information content (AvgIpc) is 2.77. The second kappa shape index (κ2) is 6.96. The summed E-state index contributed by atoms with van der Waals surface area (Å²) in [5.41, 5.74) is 3.98. The van der Waals surface area contributed by atoms with Crippen LogP contribution in [0, 0.1) is 16.7 Å². The van der Waals surface area contributed by atoms with E-state index in [1.807, 2.05) is 0 Å². The number of rotatable bonds is 6. The standard InChI is InChI=1S/C20H34IN/c1-15(2)8-7-9-16(3)11-13-22(21)18-14-17-10-12-20(18,6)19(17,4)5/h8,11,17-18H,7,9-10,12-14H2,1-6H3/b16-11+. The molecule has 3 atom stereocenters. The van der Waals surface area contributed by atoms with Crippen LogP contribution in [-0.4, -0.2) is 15.7 Å². The molecule has 2 heteroatoms. The van der Waals surface area contributed by atoms with Gasteiger partial charge >= 0.3 is 0 Å². The van der Waals surface area contributed by atoms with E-state index in [-0.39, 0.29) is 0 Å². The van der Waals surface area contributed by atoms with E-state index in [0.29, 0.717) is 10.8 Å². The summed E-state index contributed by atoms with van der Waals surface area (Å²) in [7, 11) is 0. The summed E-state index contributed by atoms with van der Waals surface area (Å²) < 4.78 is 2.60. The van der Waals surface area contributed by atoms with Crippen LogP contribution in [0.3, 0.4) is 0 Å². The lowest BCUT2D eigenvalue weighted by Crippen LogP contribution is -2.43. The predicted octanol–water partition coefficient (Wildman–Crippen LogP) is 6.55. The number of fused-ring (bicyclic) bond motifs is 2. The fourth-order valence-electron chi connectivity index (χ4n) is 4.65. The van der Waals surface area contributed by atoms with Crippen molar-refractivity contribution in [3.8, 4) is 0 Å². The Morgan fingerprint density at radius 3 is 2.36 bits per heavy atom. The van der Waals surface area contributed by atoms with Crippen LogP contribution in [0.15, 0.2) is 23.3 Å². The van der Waals surface area contributed by atoms with Gasteiger partial charge in [0.2, 0.25) is 0 Å². The van der Waals surface area contributed by atoms with Gasteiger partial charge in [0.1, 0.15) is 0 Å². The van der Waals surface area contributed by atoms with Crippen molar-refractivity contribution < 1.29 is 0 Å². The van der Waals surface area contributed by atoms with E-state index >= 15 is 0 Å². The van der Waals surface area contributed by atoms with E-state index in [4.69, 9.17) is 0 Å². The molecule has 2 bridgehead atoms. The zero-order valence-electron chi connectivity index (χ0n) is 15.4. The summed E-state index contributed by atoms with van der Waals surface area (Å²) in [5.74, 6) is 0.933. The van der Waals surface area contributed by atoms with Crippen molar-refractivity contribution in [1.29, 1.82) is 0 Å². The summed E-state index contributed by atoms with van der Waals surface area (Å²) in [4.78, 5) is 0. The minimum atomic E-state index is 0.503. The van der Waals surface area contributed by atoms with Crippen LogP contribution in [0.1, 0.15) is 73.6 Å². The highest BCUT2D eigenvalue weighted by molar-refractivity contribution is 14.1. The summed E-state index contributed by atoms with van der Waals surface area (Å²) >= 11 is 2.59. The molecular formula is C20H34IN. The average molecular weight is 415 g/mol. The van der Waals surface area contributed by atoms with E-state index in [9.17, 15) is 0 Å². The topological polar surface area (TPSA) is 3.24 Å². The van der Waals surface area contributed by atoms with E-state index in [1.165, 1.54) is 43.3 Å². The van der Waals surface area contributed by atoms with Gasteiger partial charge in [-0.1, -0.05) is 44.1 Å². The maximum atomic E-state index is 2.60. The van der Waals surface area contributed by atoms with Crippen LogP contribution in [0.5, 0.6) is 0 Å². The first-order chi connectivity index (χ1) is 10.2. The zero-order chi connectivity index (χ0) is 16.5. The molecule has 0 aromatic heterocycles. The van der Waals surface area contributed by atoms with Crippen LogP contribution in [0.25, 0.3) is 0 Å². The molecule has 2 rings (SSSR count). The molecule has 22 heavy (non-hydrogen) atoms. The molecule has 2 aliphatic carbocycles. The molecule has 2 aliphatic rings. The largest absolute Gasteiger partial charge is 0.240 e. The zero-order valence-corrected chi connectivity index (χ0v) is 17.5. The summed E-state index contributed by atoms with van der Waals surface area (Å²) in [6, 6.07) is 0.753. The van der Waals surface area contributed by atoms with Crippen molar-refractivity contribution in [3.63, 3.8) is 0 Å². The third-order valence-electron chi connectivity index (χ3n) is 6.79. The first kappa shape index (κ1) is 18.5. The van der Waals surface area contributed by atoms with E-state index in [0.717, 1.165) is 18.5 Å². The molecule has 0 heterocycles. The van der Waals surface area contributed by atoms with Crippen LogP contribution >= 0.6 is 22.9 Å². The third kappa shape index (κ3) is 3.48. The van der Waals surface area contributed by atoms with Gasteiger partial charge in [-0.3, -0.25) is 0 Å². The molecule has 0 N–H and O–H groups in total. The van der Waals surface area contributed by atoms with Crippen molar-refractivity contribution in [2.24, 2.45) is 16.7 Å². The Labute approximate surface area is 152 Å². The lowest BCUT2D eigenvalue weighted by atomic mass is 9.69. The van der Waals surface area contributed by atoms with Crippen LogP contribution in [0.2, 0.25) is 0 Å². The van der Waals surface area contributed by atoms with Crippen molar-refractivity contribution >= 4 is 22.9 Å². The number of nitrogens with zero attached hydrogens (tertiary/aromatic N) is 1. The summed E-state index contributed by atoms with van der Waals surface area (Å²) in [5, 5.41) is 0. The molecule has 0 amide bonds. The molecule has 2 saturated carbocycles. The normalized spacial score (nSPS) is 33.5. The van der Waals surface area contributed by atoms with E-state index in [2.05, 4.69) is 79.7 Å². The molecule has 0 aromatic rings. The first-order valence-electron chi connectivity index (χ1n) is 8.90. The SMILES string of the molecule is CC(C)=CCC/C(C)=C/CN(I)C1CC2CCC1(C)C2(C)C. The fraction of sp³-hybridized carbons (Fsp3) is 0.800. The Hall–Kier alpha value is 0.170. The quantitative estimate of drug-likeness (QED) is 0.270. The molecule has 1 nitrogen and oxygen atoms in total. The second-order valence-corrected chi connectivity index (χ2v) is 9.82. The smallest absolute Gasteiger partial charge is 0.0267 e. The minimum Gasteiger partial charge on any atom is -0.240 e. The third-order valence-corrected chi connectivity index (χ3v) is 7.86. The first-order valence-corrected chi connectivity index (χ1v) is 9.86. The molecule has 0 radical (unpaired) electrons. The van der Waals surface area contributed by atoms with Crippen LogP contribution in [-0.2, 0) is 0 Å². The number of halogens is 1. The van der Waals surface area contributed by atoms with Crippen LogP contribution < -0.4 is 0 Å². The van der Waals surface area contributed by atoms with Crippen molar-refractivity contribution in [2.75, 3.05) is 6.54 Å². The molecule has 3 unspecified atom stereocenters. The molecule has 0 spiro atoms. The lowest BCUT2D eigenvalue weighted by Gasteiger charge is -2.42. The lowest BCUT2D eigenvalue weighted by molar-refractivity contribution is 0.0999. The van der Waals surface area contributed by atoms with E-state index in [1.54, 1.807) is 0 Å². The molecule has 0 saturated heterocycles. The second-order valence-electron chi connectivity index (χ2n) is 8.58. The van der Waals surface area contributed by atoms with Crippen LogP contribution in [0.4, 0.5) is 0 Å². The Morgan fingerprint density at radius 1 is 1.18 bits per heavy atom. The van der Waals surface area contributed by atoms with Gasteiger partial charge in [0.05, 0.1) is 0 Å². The number of hydrogen-bond acceptors (Lipinski definition) is 1. The van der Waals surface area contributed by atoms with Gasteiger partial charge in [-0.05, 0) is 69.6 Å². The Balaban J connectivity index is 1.91. The predicted molar refractivity (Wildman–Crippen MR) is 106 cm³/mol. The maximum Gasteiger partial charge on any atom is 0.0267 e. The van der Waals surface area contributed by atoms with Gasteiger partial charge in [-0.25, -0.2) is 3.11 Å². The highest BCUT2D eigenvalue weighted by Crippen LogP contribution is 2.66. The van der Waals surface area contributed by atoms with E-state index < -0.39 is 0 Å². The molecule has 0 aliphatic heterocycles. The Morgan fingerprint density at radius 2 is 1.86 bits per heavy atom. The maximum absolute atomic E-state index is 2.60. The summed E-state index contributed by atoms with van der Waals surface area (Å²) in [6.07, 6.45) is 11.4. The monoisotopic (exact) mass is 415 g/mol. The van der Waals surface area contributed by atoms with Crippen molar-refractivity contribution in [1.82, 2.24) is 3.11 Å². The molecule has 2 fully saturated rings. The molecule has 0 aromatic carbocycles. The minimum absolute atomic E-state index is 0.503. The highest BCUT2D eigenvalue weighted by atomic mass is 127.